The number of halogens is 2. The Morgan fingerprint density at radius 2 is 1.64 bits per heavy atom. The zero-order chi connectivity index (χ0) is 22.2. The van der Waals surface area contributed by atoms with E-state index in [9.17, 15) is 9.18 Å². The van der Waals surface area contributed by atoms with Crippen molar-refractivity contribution in [3.63, 3.8) is 0 Å². The van der Waals surface area contributed by atoms with Gasteiger partial charge in [0.2, 0.25) is 5.91 Å². The van der Waals surface area contributed by atoms with Crippen molar-refractivity contribution in [2.75, 3.05) is 32.1 Å². The average molecular weight is 484 g/mol. The maximum atomic E-state index is 14.1. The minimum atomic E-state index is -0.512. The molecule has 0 N–H and O–H groups in total. The largest absolute Gasteiger partial charge is 0.457 e. The van der Waals surface area contributed by atoms with Gasteiger partial charge in [0.05, 0.1) is 16.1 Å². The van der Waals surface area contributed by atoms with Crippen molar-refractivity contribution in [2.45, 2.75) is 5.92 Å². The van der Waals surface area contributed by atoms with Crippen LogP contribution in [0.2, 0.25) is 0 Å². The van der Waals surface area contributed by atoms with Gasteiger partial charge in [-0.15, -0.1) is 12.4 Å². The van der Waals surface area contributed by atoms with Gasteiger partial charge in [-0.2, -0.15) is 0 Å². The highest BCUT2D eigenvalue weighted by atomic mass is 35.5. The lowest BCUT2D eigenvalue weighted by Gasteiger charge is -2.31. The summed E-state index contributed by atoms with van der Waals surface area (Å²) in [7, 11) is 3.94. The lowest BCUT2D eigenvalue weighted by atomic mass is 9.87. The van der Waals surface area contributed by atoms with Crippen LogP contribution in [0.4, 0.5) is 9.52 Å². The number of benzene rings is 3. The number of fused-ring (bicyclic) bond motifs is 3. The van der Waals surface area contributed by atoms with E-state index in [2.05, 4.69) is 4.98 Å². The van der Waals surface area contributed by atoms with Crippen molar-refractivity contribution >= 4 is 45.0 Å². The number of ether oxygens (including phenoxy) is 1. The van der Waals surface area contributed by atoms with Crippen LogP contribution in [0.5, 0.6) is 11.5 Å². The number of hydrogen-bond donors (Lipinski definition) is 0. The number of para-hydroxylation sites is 2. The molecule has 0 unspecified atom stereocenters. The first-order chi connectivity index (χ1) is 15.5. The normalized spacial score (nSPS) is 12.6. The third-order valence-electron chi connectivity index (χ3n) is 5.53. The molecule has 2 heterocycles. The van der Waals surface area contributed by atoms with Crippen LogP contribution in [0.1, 0.15) is 17.0 Å². The number of carbonyl (C=O) groups excluding carboxylic acids is 1. The van der Waals surface area contributed by atoms with Gasteiger partial charge < -0.3 is 9.64 Å². The minimum Gasteiger partial charge on any atom is -0.457 e. The van der Waals surface area contributed by atoms with Crippen LogP contribution < -0.4 is 9.64 Å². The first-order valence-electron chi connectivity index (χ1n) is 10.4. The average Bonchev–Trinajstić information content (AvgIpc) is 3.19. The van der Waals surface area contributed by atoms with Crippen molar-refractivity contribution < 1.29 is 13.9 Å². The van der Waals surface area contributed by atoms with Crippen LogP contribution in [-0.2, 0) is 4.79 Å². The Labute approximate surface area is 201 Å². The van der Waals surface area contributed by atoms with Crippen molar-refractivity contribution in [3.8, 4) is 11.5 Å². The van der Waals surface area contributed by atoms with Gasteiger partial charge in [-0.3, -0.25) is 9.69 Å². The topological polar surface area (TPSA) is 45.7 Å². The Balaban J connectivity index is 0.00000259. The number of aromatic nitrogens is 1. The molecule has 0 aliphatic carbocycles. The summed E-state index contributed by atoms with van der Waals surface area (Å²) in [5.74, 6) is 0.467. The molecule has 1 aliphatic rings. The molecular weight excluding hydrogens is 461 g/mol. The lowest BCUT2D eigenvalue weighted by Crippen LogP contribution is -2.40. The molecule has 4 aromatic rings. The van der Waals surface area contributed by atoms with Gasteiger partial charge in [-0.1, -0.05) is 47.7 Å². The highest BCUT2D eigenvalue weighted by Crippen LogP contribution is 2.45. The summed E-state index contributed by atoms with van der Waals surface area (Å²) in [5.41, 5.74) is 2.35. The van der Waals surface area contributed by atoms with Crippen LogP contribution in [0.3, 0.4) is 0 Å². The molecule has 3 aromatic carbocycles. The molecule has 0 atom stereocenters. The van der Waals surface area contributed by atoms with E-state index in [1.807, 2.05) is 67.5 Å². The minimum absolute atomic E-state index is 0. The first-order valence-corrected chi connectivity index (χ1v) is 11.2. The van der Waals surface area contributed by atoms with Crippen molar-refractivity contribution in [1.82, 2.24) is 9.88 Å². The smallest absolute Gasteiger partial charge is 0.241 e. The number of hydrogen-bond acceptors (Lipinski definition) is 5. The molecule has 1 amide bonds. The van der Waals surface area contributed by atoms with Crippen molar-refractivity contribution in [3.05, 3.63) is 83.7 Å². The maximum absolute atomic E-state index is 14.1. The molecular formula is C25H23ClFN3O2S. The Morgan fingerprint density at radius 3 is 2.27 bits per heavy atom. The molecule has 0 saturated carbocycles. The SMILES string of the molecule is CN(C)CCN(C(=O)C1c2ccccc2Oc2ccccc21)c1nc2ccc(F)cc2s1.Cl. The van der Waals surface area contributed by atoms with E-state index in [0.29, 0.717) is 35.2 Å². The molecule has 0 saturated heterocycles. The fourth-order valence-electron chi connectivity index (χ4n) is 3.93. The second kappa shape index (κ2) is 9.47. The van der Waals surface area contributed by atoms with Crippen LogP contribution >= 0.6 is 23.7 Å². The molecule has 0 bridgehead atoms. The number of rotatable bonds is 5. The van der Waals surface area contributed by atoms with Gasteiger partial charge in [0.15, 0.2) is 5.13 Å². The number of amides is 1. The monoisotopic (exact) mass is 483 g/mol. The number of carbonyl (C=O) groups is 1. The summed E-state index contributed by atoms with van der Waals surface area (Å²) >= 11 is 1.33. The van der Waals surface area contributed by atoms with Crippen LogP contribution in [0.15, 0.2) is 66.7 Å². The number of anilines is 1. The van der Waals surface area contributed by atoms with E-state index in [4.69, 9.17) is 4.74 Å². The first kappa shape index (κ1) is 23.2. The van der Waals surface area contributed by atoms with E-state index in [1.54, 1.807) is 11.0 Å². The molecule has 1 aromatic heterocycles. The van der Waals surface area contributed by atoms with Gasteiger partial charge >= 0.3 is 0 Å². The number of nitrogens with zero attached hydrogens (tertiary/aromatic N) is 3. The fourth-order valence-corrected chi connectivity index (χ4v) is 4.96. The predicted octanol–water partition coefficient (Wildman–Crippen LogP) is 5.69. The van der Waals surface area contributed by atoms with E-state index >= 15 is 0 Å². The highest BCUT2D eigenvalue weighted by Gasteiger charge is 2.36. The third-order valence-corrected chi connectivity index (χ3v) is 6.57. The highest BCUT2D eigenvalue weighted by molar-refractivity contribution is 7.22. The van der Waals surface area contributed by atoms with Gasteiger partial charge in [-0.05, 0) is 44.4 Å². The molecule has 170 valence electrons. The summed E-state index contributed by atoms with van der Waals surface area (Å²) in [6.07, 6.45) is 0. The molecule has 5 nitrogen and oxygen atoms in total. The number of thiazole rings is 1. The summed E-state index contributed by atoms with van der Waals surface area (Å²) < 4.78 is 20.5. The zero-order valence-corrected chi connectivity index (χ0v) is 19.8. The second-order valence-electron chi connectivity index (χ2n) is 8.01. The van der Waals surface area contributed by atoms with E-state index in [1.165, 1.54) is 23.5 Å². The molecule has 0 spiro atoms. The Morgan fingerprint density at radius 1 is 1.00 bits per heavy atom. The van der Waals surface area contributed by atoms with Crippen LogP contribution in [0.25, 0.3) is 10.2 Å². The lowest BCUT2D eigenvalue weighted by molar-refractivity contribution is -0.119. The summed E-state index contributed by atoms with van der Waals surface area (Å²) in [5, 5.41) is 0.568. The standard InChI is InChI=1S/C25H22FN3O2S.ClH/c1-28(2)13-14-29(25-27-19-12-11-16(26)15-22(19)32-25)24(30)23-17-7-3-5-9-20(17)31-21-10-6-4-8-18(21)23;/h3-12,15,23H,13-14H2,1-2H3;1H. The predicted molar refractivity (Wildman–Crippen MR) is 133 cm³/mol. The fraction of sp³-hybridized carbons (Fsp3) is 0.200. The Bertz CT molecular complexity index is 1260. The second-order valence-corrected chi connectivity index (χ2v) is 9.02. The maximum Gasteiger partial charge on any atom is 0.241 e. The third kappa shape index (κ3) is 4.44. The van der Waals surface area contributed by atoms with E-state index < -0.39 is 5.92 Å². The van der Waals surface area contributed by atoms with Gasteiger partial charge in [0, 0.05) is 24.2 Å². The zero-order valence-electron chi connectivity index (χ0n) is 18.2. The molecule has 0 radical (unpaired) electrons. The summed E-state index contributed by atoms with van der Waals surface area (Å²) in [6.45, 7) is 1.14. The van der Waals surface area contributed by atoms with Crippen LogP contribution in [-0.4, -0.2) is 43.0 Å². The van der Waals surface area contributed by atoms with Crippen LogP contribution in [0, 0.1) is 5.82 Å². The Hall–Kier alpha value is -3.00. The van der Waals surface area contributed by atoms with Gasteiger partial charge in [0.25, 0.3) is 0 Å². The molecule has 5 rings (SSSR count). The van der Waals surface area contributed by atoms with Gasteiger partial charge in [-0.25, -0.2) is 9.37 Å². The van der Waals surface area contributed by atoms with Crippen molar-refractivity contribution in [2.24, 2.45) is 0 Å². The number of likely N-dealkylation sites (N-methyl/N-ethyl adjacent to an activating group) is 1. The quantitative estimate of drug-likeness (QED) is 0.366. The van der Waals surface area contributed by atoms with E-state index in [-0.39, 0.29) is 24.1 Å². The van der Waals surface area contributed by atoms with Crippen molar-refractivity contribution in [1.29, 1.82) is 0 Å². The molecule has 1 aliphatic heterocycles. The van der Waals surface area contributed by atoms with E-state index in [0.717, 1.165) is 15.8 Å². The summed E-state index contributed by atoms with van der Waals surface area (Å²) in [4.78, 5) is 22.5. The summed E-state index contributed by atoms with van der Waals surface area (Å²) in [6, 6.07) is 19.8. The Kier molecular flexibility index (Phi) is 6.65. The molecule has 33 heavy (non-hydrogen) atoms. The van der Waals surface area contributed by atoms with Gasteiger partial charge in [0.1, 0.15) is 17.3 Å². The molecule has 8 heteroatoms. The molecule has 0 fully saturated rings.